The molecule has 12 heteroatoms. The number of aromatic nitrogens is 1. The molecular formula is C28H27N3O8S. The Morgan fingerprint density at radius 1 is 1.18 bits per heavy atom. The second kappa shape index (κ2) is 11.7. The predicted octanol–water partition coefficient (Wildman–Crippen LogP) is 3.28. The second-order valence-electron chi connectivity index (χ2n) is 9.43. The molecule has 11 nitrogen and oxygen atoms in total. The van der Waals surface area contributed by atoms with Crippen molar-refractivity contribution in [2.75, 3.05) is 13.7 Å². The van der Waals surface area contributed by atoms with Crippen LogP contribution in [0.5, 0.6) is 11.5 Å². The summed E-state index contributed by atoms with van der Waals surface area (Å²) in [6, 6.07) is 9.69. The van der Waals surface area contributed by atoms with Gasteiger partial charge < -0.3 is 14.2 Å². The van der Waals surface area contributed by atoms with Crippen molar-refractivity contribution in [3.05, 3.63) is 94.7 Å². The number of hydrogen-bond donors (Lipinski definition) is 0. The van der Waals surface area contributed by atoms with E-state index in [4.69, 9.17) is 14.2 Å². The van der Waals surface area contributed by atoms with Gasteiger partial charge in [-0.15, -0.1) is 0 Å². The number of fused-ring (bicyclic) bond motifs is 1. The van der Waals surface area contributed by atoms with Crippen LogP contribution in [0.3, 0.4) is 0 Å². The Morgan fingerprint density at radius 3 is 2.48 bits per heavy atom. The van der Waals surface area contributed by atoms with Crippen molar-refractivity contribution in [2.45, 2.75) is 33.7 Å². The van der Waals surface area contributed by atoms with Crippen molar-refractivity contribution >= 4 is 35.0 Å². The third kappa shape index (κ3) is 5.86. The van der Waals surface area contributed by atoms with Gasteiger partial charge in [0, 0.05) is 19.1 Å². The first-order valence-corrected chi connectivity index (χ1v) is 13.1. The standard InChI is InChI=1S/C28H27N3O8S/c1-15(2)14-38-27(34)24-16(3)29-28-30(25(24)19-8-11-21(39-17(4)32)22(13-19)37-5)26(33)23(40-28)12-18-6-9-20(10-7-18)31(35)36/h6-13,15,25H,14H2,1-5H3/b23-12+. The van der Waals surface area contributed by atoms with E-state index in [2.05, 4.69) is 4.99 Å². The van der Waals surface area contributed by atoms with Gasteiger partial charge in [-0.3, -0.25) is 24.3 Å². The Bertz CT molecular complexity index is 1700. The van der Waals surface area contributed by atoms with Crippen LogP contribution in [0, 0.1) is 16.0 Å². The molecule has 2 heterocycles. The van der Waals surface area contributed by atoms with Gasteiger partial charge in [-0.05, 0) is 54.3 Å². The number of hydrogen-bond acceptors (Lipinski definition) is 10. The molecule has 0 fully saturated rings. The van der Waals surface area contributed by atoms with Crippen LogP contribution in [-0.4, -0.2) is 35.1 Å². The molecule has 0 bridgehead atoms. The minimum absolute atomic E-state index is 0.0649. The Morgan fingerprint density at radius 2 is 1.88 bits per heavy atom. The Kier molecular flexibility index (Phi) is 8.29. The zero-order valence-corrected chi connectivity index (χ0v) is 23.3. The smallest absolute Gasteiger partial charge is 0.338 e. The van der Waals surface area contributed by atoms with Crippen LogP contribution in [0.15, 0.2) is 63.5 Å². The monoisotopic (exact) mass is 565 g/mol. The van der Waals surface area contributed by atoms with Gasteiger partial charge in [0.2, 0.25) is 0 Å². The maximum Gasteiger partial charge on any atom is 0.338 e. The average Bonchev–Trinajstić information content (AvgIpc) is 3.20. The van der Waals surface area contributed by atoms with Crippen molar-refractivity contribution in [1.29, 1.82) is 0 Å². The fourth-order valence-corrected chi connectivity index (χ4v) is 5.20. The number of carbonyl (C=O) groups is 2. The summed E-state index contributed by atoms with van der Waals surface area (Å²) < 4.78 is 18.0. The number of allylic oxidation sites excluding steroid dienone is 1. The predicted molar refractivity (Wildman–Crippen MR) is 147 cm³/mol. The second-order valence-corrected chi connectivity index (χ2v) is 10.4. The highest BCUT2D eigenvalue weighted by Crippen LogP contribution is 2.36. The zero-order valence-electron chi connectivity index (χ0n) is 22.5. The van der Waals surface area contributed by atoms with E-state index in [1.165, 1.54) is 36.8 Å². The summed E-state index contributed by atoms with van der Waals surface area (Å²) in [5.74, 6) is -0.611. The van der Waals surface area contributed by atoms with E-state index in [1.54, 1.807) is 37.3 Å². The van der Waals surface area contributed by atoms with E-state index in [9.17, 15) is 24.5 Å². The van der Waals surface area contributed by atoms with Gasteiger partial charge in [0.05, 0.1) is 40.5 Å². The minimum atomic E-state index is -0.907. The Balaban J connectivity index is 1.90. The van der Waals surface area contributed by atoms with Gasteiger partial charge in [0.25, 0.3) is 11.2 Å². The van der Waals surface area contributed by atoms with Crippen molar-refractivity contribution < 1.29 is 28.7 Å². The van der Waals surface area contributed by atoms with Crippen LogP contribution in [0.4, 0.5) is 5.69 Å². The lowest BCUT2D eigenvalue weighted by Gasteiger charge is -2.25. The summed E-state index contributed by atoms with van der Waals surface area (Å²) in [7, 11) is 1.42. The topological polar surface area (TPSA) is 139 Å². The van der Waals surface area contributed by atoms with E-state index in [-0.39, 0.29) is 35.3 Å². The highest BCUT2D eigenvalue weighted by atomic mass is 32.1. The van der Waals surface area contributed by atoms with Gasteiger partial charge in [0.15, 0.2) is 16.3 Å². The number of ether oxygens (including phenoxy) is 3. The number of nitro benzene ring substituents is 1. The average molecular weight is 566 g/mol. The van der Waals surface area contributed by atoms with Gasteiger partial charge in [-0.1, -0.05) is 31.3 Å². The van der Waals surface area contributed by atoms with Crippen LogP contribution in [-0.2, 0) is 14.3 Å². The lowest BCUT2D eigenvalue weighted by molar-refractivity contribution is -0.384. The Hall–Kier alpha value is -4.58. The molecule has 1 atom stereocenters. The molecule has 0 saturated carbocycles. The fourth-order valence-electron chi connectivity index (χ4n) is 4.16. The number of rotatable bonds is 8. The summed E-state index contributed by atoms with van der Waals surface area (Å²) in [6.07, 6.45) is 1.62. The van der Waals surface area contributed by atoms with Gasteiger partial charge >= 0.3 is 11.9 Å². The number of thiazole rings is 1. The molecule has 1 aliphatic heterocycles. The van der Waals surface area contributed by atoms with Crippen molar-refractivity contribution in [3.63, 3.8) is 0 Å². The van der Waals surface area contributed by atoms with Crippen LogP contribution in [0.25, 0.3) is 6.08 Å². The fraction of sp³-hybridized carbons (Fsp3) is 0.286. The lowest BCUT2D eigenvalue weighted by Crippen LogP contribution is -2.40. The first kappa shape index (κ1) is 28.4. The molecule has 2 aromatic carbocycles. The third-order valence-corrected chi connectivity index (χ3v) is 6.93. The molecular weight excluding hydrogens is 538 g/mol. The molecule has 3 aromatic rings. The number of esters is 2. The maximum absolute atomic E-state index is 13.8. The molecule has 0 spiro atoms. The van der Waals surface area contributed by atoms with Crippen LogP contribution >= 0.6 is 11.3 Å². The molecule has 1 aliphatic rings. The molecule has 4 rings (SSSR count). The van der Waals surface area contributed by atoms with Gasteiger partial charge in [-0.25, -0.2) is 9.79 Å². The maximum atomic E-state index is 13.8. The van der Waals surface area contributed by atoms with Gasteiger partial charge in [-0.2, -0.15) is 0 Å². The highest BCUT2D eigenvalue weighted by molar-refractivity contribution is 7.07. The normalized spacial score (nSPS) is 14.9. The summed E-state index contributed by atoms with van der Waals surface area (Å²) in [5.41, 5.74) is 1.22. The molecule has 0 radical (unpaired) electrons. The van der Waals surface area contributed by atoms with E-state index in [0.717, 1.165) is 11.3 Å². The quantitative estimate of drug-likeness (QED) is 0.176. The van der Waals surface area contributed by atoms with Crippen molar-refractivity contribution in [3.8, 4) is 11.5 Å². The SMILES string of the molecule is COc1cc(C2C(C(=O)OCC(C)C)=C(C)N=c3s/c(=C/c4ccc([N+](=O)[O-])cc4)c(=O)n32)ccc1OC(C)=O. The largest absolute Gasteiger partial charge is 0.493 e. The van der Waals surface area contributed by atoms with E-state index >= 15 is 0 Å². The number of nitro groups is 1. The summed E-state index contributed by atoms with van der Waals surface area (Å²) >= 11 is 1.13. The van der Waals surface area contributed by atoms with E-state index in [0.29, 0.717) is 26.2 Å². The first-order valence-electron chi connectivity index (χ1n) is 12.3. The van der Waals surface area contributed by atoms with Crippen LogP contribution in [0.2, 0.25) is 0 Å². The summed E-state index contributed by atoms with van der Waals surface area (Å²) in [4.78, 5) is 54.1. The molecule has 1 unspecified atom stereocenters. The molecule has 0 aliphatic carbocycles. The summed E-state index contributed by atoms with van der Waals surface area (Å²) in [6.45, 7) is 6.96. The zero-order chi connectivity index (χ0) is 29.1. The van der Waals surface area contributed by atoms with Crippen molar-refractivity contribution in [1.82, 2.24) is 4.57 Å². The third-order valence-electron chi connectivity index (χ3n) is 5.95. The van der Waals surface area contributed by atoms with Crippen LogP contribution < -0.4 is 24.4 Å². The van der Waals surface area contributed by atoms with E-state index < -0.39 is 28.5 Å². The number of methoxy groups -OCH3 is 1. The highest BCUT2D eigenvalue weighted by Gasteiger charge is 2.34. The molecule has 0 N–H and O–H groups in total. The number of nitrogens with zero attached hydrogens (tertiary/aromatic N) is 3. The van der Waals surface area contributed by atoms with Gasteiger partial charge in [0.1, 0.15) is 0 Å². The molecule has 208 valence electrons. The minimum Gasteiger partial charge on any atom is -0.493 e. The summed E-state index contributed by atoms with van der Waals surface area (Å²) in [5, 5.41) is 11.0. The lowest BCUT2D eigenvalue weighted by atomic mass is 9.95. The first-order chi connectivity index (χ1) is 19.0. The molecule has 40 heavy (non-hydrogen) atoms. The number of benzene rings is 2. The van der Waals surface area contributed by atoms with E-state index in [1.807, 2.05) is 13.8 Å². The number of carbonyl (C=O) groups excluding carboxylic acids is 2. The molecule has 0 saturated heterocycles. The molecule has 1 aromatic heterocycles. The van der Waals surface area contributed by atoms with Crippen molar-refractivity contribution in [2.24, 2.45) is 10.9 Å². The van der Waals surface area contributed by atoms with Crippen LogP contribution in [0.1, 0.15) is 44.9 Å². The Labute approximate surface area is 232 Å². The number of non-ortho nitro benzene ring substituents is 1. The molecule has 0 amide bonds.